The van der Waals surface area contributed by atoms with Gasteiger partial charge in [0.05, 0.1) is 27.0 Å². The number of allylic oxidation sites excluding steroid dienone is 1. The second-order valence-corrected chi connectivity index (χ2v) is 6.67. The van der Waals surface area contributed by atoms with Gasteiger partial charge in [0.2, 0.25) is 5.91 Å². The fourth-order valence-electron chi connectivity index (χ4n) is 1.81. The van der Waals surface area contributed by atoms with Crippen LogP contribution in [0.5, 0.6) is 0 Å². The molecule has 0 aromatic carbocycles. The number of aliphatic hydroxyl groups is 1. The average molecular weight is 323 g/mol. The number of primary amides is 1. The fourth-order valence-corrected chi connectivity index (χ4v) is 1.90. The third kappa shape index (κ3) is 12.7. The van der Waals surface area contributed by atoms with Crippen molar-refractivity contribution >= 4 is 17.5 Å². The maximum atomic E-state index is 10.9. The van der Waals surface area contributed by atoms with Crippen LogP contribution in [0, 0.1) is 0 Å². The minimum Gasteiger partial charge on any atom is -0.386 e. The van der Waals surface area contributed by atoms with Crippen molar-refractivity contribution in [2.75, 3.05) is 47.7 Å². The Bertz CT molecular complexity index is 336. The van der Waals surface area contributed by atoms with E-state index < -0.39 is 0 Å². The summed E-state index contributed by atoms with van der Waals surface area (Å²) in [5.74, 6) is 0.00218. The van der Waals surface area contributed by atoms with Crippen molar-refractivity contribution in [1.29, 1.82) is 0 Å². The van der Waals surface area contributed by atoms with E-state index in [2.05, 4.69) is 6.92 Å². The van der Waals surface area contributed by atoms with E-state index >= 15 is 0 Å². The number of rotatable bonds is 7. The lowest BCUT2D eigenvalue weighted by atomic mass is 10.1. The number of carbonyl (C=O) groups is 1. The van der Waals surface area contributed by atoms with Crippen molar-refractivity contribution in [3.05, 3.63) is 11.3 Å². The molecule has 0 aliphatic heterocycles. The Hall–Kier alpha value is -0.780. The molecule has 0 aromatic rings. The molecular weight excluding hydrogens is 290 g/mol. The maximum absolute atomic E-state index is 10.9. The van der Waals surface area contributed by atoms with Crippen LogP contribution < -0.4 is 5.73 Å². The van der Waals surface area contributed by atoms with E-state index in [4.69, 9.17) is 22.4 Å². The zero-order valence-corrected chi connectivity index (χ0v) is 15.4. The third-order valence-electron chi connectivity index (χ3n) is 2.77. The van der Waals surface area contributed by atoms with Crippen LogP contribution in [-0.2, 0) is 4.79 Å². The Morgan fingerprint density at radius 2 is 1.81 bits per heavy atom. The van der Waals surface area contributed by atoms with Crippen molar-refractivity contribution in [2.24, 2.45) is 5.73 Å². The highest BCUT2D eigenvalue weighted by Crippen LogP contribution is 2.12. The Balaban J connectivity index is 0. The molecule has 0 heterocycles. The summed E-state index contributed by atoms with van der Waals surface area (Å²) in [4.78, 5) is 12.8. The molecule has 5 nitrogen and oxygen atoms in total. The van der Waals surface area contributed by atoms with Gasteiger partial charge in [0.1, 0.15) is 12.6 Å². The number of aliphatic hydroxyl groups excluding tert-OH is 1. The summed E-state index contributed by atoms with van der Waals surface area (Å²) in [6.45, 7) is 4.56. The summed E-state index contributed by atoms with van der Waals surface area (Å²) in [6.07, 6.45) is 1.56. The monoisotopic (exact) mass is 322 g/mol. The molecule has 0 aromatic heterocycles. The zero-order valence-electron chi connectivity index (χ0n) is 14.6. The van der Waals surface area contributed by atoms with Gasteiger partial charge in [-0.25, -0.2) is 0 Å². The minimum absolute atomic E-state index is 0.327. The second-order valence-electron chi connectivity index (χ2n) is 6.36. The van der Waals surface area contributed by atoms with Crippen LogP contribution in [0.4, 0.5) is 0 Å². The normalized spacial score (nSPS) is 13.8. The molecule has 0 aliphatic rings. The maximum Gasteiger partial charge on any atom is 0.246 e. The number of halogens is 1. The lowest BCUT2D eigenvalue weighted by Crippen LogP contribution is -2.41. The van der Waals surface area contributed by atoms with E-state index in [1.807, 2.05) is 40.1 Å². The Labute approximate surface area is 134 Å². The van der Waals surface area contributed by atoms with Crippen LogP contribution in [0.1, 0.15) is 26.7 Å². The summed E-state index contributed by atoms with van der Waals surface area (Å²) in [6, 6.07) is 0. The standard InChI is InChI=1S/C9H18N2O.C6H15ClNO/c1-5-6-8(11(3)4)7(2)9(10)12;1-8(2,3)5-6(9)4-7/h5-6H2,1-4H3,(H2,10,12);6,9H,4-5H2,1-3H3/q;+1/b8-7+;. The molecule has 0 bridgehead atoms. The molecule has 0 fully saturated rings. The molecule has 0 saturated carbocycles. The number of hydrogen-bond donors (Lipinski definition) is 2. The number of hydrogen-bond acceptors (Lipinski definition) is 3. The van der Waals surface area contributed by atoms with Crippen molar-refractivity contribution < 1.29 is 14.4 Å². The number of alkyl halides is 1. The second kappa shape index (κ2) is 10.9. The number of carbonyl (C=O) groups excluding carboxylic acids is 1. The van der Waals surface area contributed by atoms with Gasteiger partial charge in [0, 0.05) is 25.4 Å². The van der Waals surface area contributed by atoms with Crippen molar-refractivity contribution in [1.82, 2.24) is 4.90 Å². The Morgan fingerprint density at radius 1 is 1.33 bits per heavy atom. The molecule has 21 heavy (non-hydrogen) atoms. The van der Waals surface area contributed by atoms with Gasteiger partial charge in [-0.1, -0.05) is 13.3 Å². The molecule has 1 atom stereocenters. The third-order valence-corrected chi connectivity index (χ3v) is 3.12. The summed E-state index contributed by atoms with van der Waals surface area (Å²) >= 11 is 5.40. The van der Waals surface area contributed by atoms with E-state index in [1.165, 1.54) is 0 Å². The molecule has 0 aliphatic carbocycles. The smallest absolute Gasteiger partial charge is 0.246 e. The van der Waals surface area contributed by atoms with Gasteiger partial charge in [-0.3, -0.25) is 4.79 Å². The molecule has 126 valence electrons. The number of nitrogens with zero attached hydrogens (tertiary/aromatic N) is 2. The van der Waals surface area contributed by atoms with Crippen molar-refractivity contribution in [3.63, 3.8) is 0 Å². The Morgan fingerprint density at radius 3 is 2.00 bits per heavy atom. The minimum atomic E-state index is -0.369. The topological polar surface area (TPSA) is 66.6 Å². The van der Waals surface area contributed by atoms with E-state index in [-0.39, 0.29) is 12.0 Å². The van der Waals surface area contributed by atoms with Crippen LogP contribution >= 0.6 is 11.6 Å². The van der Waals surface area contributed by atoms with Crippen LogP contribution in [0.3, 0.4) is 0 Å². The van der Waals surface area contributed by atoms with E-state index in [0.717, 1.165) is 23.0 Å². The predicted molar refractivity (Wildman–Crippen MR) is 90.1 cm³/mol. The molecule has 1 amide bonds. The first kappa shape index (κ1) is 22.5. The number of nitrogens with two attached hydrogens (primary N) is 1. The van der Waals surface area contributed by atoms with E-state index in [1.54, 1.807) is 6.92 Å². The first-order valence-electron chi connectivity index (χ1n) is 7.17. The fraction of sp³-hybridized carbons (Fsp3) is 0.800. The average Bonchev–Trinajstić information content (AvgIpc) is 2.33. The van der Waals surface area contributed by atoms with Crippen molar-refractivity contribution in [3.8, 4) is 0 Å². The molecule has 0 saturated heterocycles. The summed E-state index contributed by atoms with van der Waals surface area (Å²) in [7, 11) is 9.93. The van der Waals surface area contributed by atoms with Crippen LogP contribution in [0.25, 0.3) is 0 Å². The molecule has 3 N–H and O–H groups in total. The summed E-state index contributed by atoms with van der Waals surface area (Å²) in [5, 5.41) is 9.05. The van der Waals surface area contributed by atoms with Gasteiger partial charge in [-0.05, 0) is 13.3 Å². The lowest BCUT2D eigenvalue weighted by Gasteiger charge is -2.25. The summed E-state index contributed by atoms with van der Waals surface area (Å²) < 4.78 is 0.758. The molecule has 0 rings (SSSR count). The van der Waals surface area contributed by atoms with Gasteiger partial charge >= 0.3 is 0 Å². The van der Waals surface area contributed by atoms with E-state index in [9.17, 15) is 4.79 Å². The van der Waals surface area contributed by atoms with E-state index in [0.29, 0.717) is 18.0 Å². The van der Waals surface area contributed by atoms with Crippen LogP contribution in [0.2, 0.25) is 0 Å². The van der Waals surface area contributed by atoms with Crippen LogP contribution in [0.15, 0.2) is 11.3 Å². The highest BCUT2D eigenvalue weighted by Gasteiger charge is 2.13. The molecule has 0 spiro atoms. The Kier molecular flexibility index (Phi) is 11.7. The van der Waals surface area contributed by atoms with Gasteiger partial charge < -0.3 is 20.2 Å². The first-order valence-corrected chi connectivity index (χ1v) is 7.71. The van der Waals surface area contributed by atoms with Gasteiger partial charge in [-0.2, -0.15) is 0 Å². The SMILES string of the molecule is CCC/C(=C(/C)C(N)=O)N(C)C.C[N+](C)(C)CC(O)CCl. The summed E-state index contributed by atoms with van der Waals surface area (Å²) in [5.41, 5.74) is 6.88. The zero-order chi connectivity index (χ0) is 17.2. The highest BCUT2D eigenvalue weighted by molar-refractivity contribution is 6.18. The number of likely N-dealkylation sites (N-methyl/N-ethyl adjacent to an activating group) is 1. The molecule has 6 heteroatoms. The van der Waals surface area contributed by atoms with Gasteiger partial charge in [-0.15, -0.1) is 11.6 Å². The van der Waals surface area contributed by atoms with Crippen LogP contribution in [-0.4, -0.2) is 74.2 Å². The highest BCUT2D eigenvalue weighted by atomic mass is 35.5. The molecule has 1 unspecified atom stereocenters. The predicted octanol–water partition coefficient (Wildman–Crippen LogP) is 1.40. The number of amides is 1. The first-order chi connectivity index (χ1) is 9.46. The largest absolute Gasteiger partial charge is 0.386 e. The molecule has 0 radical (unpaired) electrons. The van der Waals surface area contributed by atoms with Crippen molar-refractivity contribution in [2.45, 2.75) is 32.8 Å². The quantitative estimate of drug-likeness (QED) is 0.423. The lowest BCUT2D eigenvalue weighted by molar-refractivity contribution is -0.873. The number of quaternary nitrogens is 1. The van der Waals surface area contributed by atoms with Gasteiger partial charge in [0.25, 0.3) is 0 Å². The van der Waals surface area contributed by atoms with Gasteiger partial charge in [0.15, 0.2) is 0 Å². The molecular formula is C15H33ClN3O2+.